The van der Waals surface area contributed by atoms with Gasteiger partial charge in [-0.25, -0.2) is 0 Å². The van der Waals surface area contributed by atoms with Gasteiger partial charge in [-0.2, -0.15) is 0 Å². The molecule has 0 N–H and O–H groups in total. The predicted octanol–water partition coefficient (Wildman–Crippen LogP) is 4.79. The van der Waals surface area contributed by atoms with Crippen LogP contribution in [0.4, 0.5) is 0 Å². The number of carbonyl (C=O) groups is 1. The molecule has 4 heteroatoms. The van der Waals surface area contributed by atoms with E-state index in [1.165, 1.54) is 0 Å². The standard InChI is InChI=1S/C20H40O4/c1-16(21)20(9,10)24-14-13-23-18(5,6)11-12-22-19(7,8)15-17(2,3)4/h11-15H2,1-10H3. The Morgan fingerprint density at radius 2 is 1.17 bits per heavy atom. The maximum atomic E-state index is 11.4. The second-order valence-electron chi connectivity index (χ2n) is 9.62. The van der Waals surface area contributed by atoms with Crippen LogP contribution >= 0.6 is 0 Å². The lowest BCUT2D eigenvalue weighted by Gasteiger charge is -2.34. The molecule has 0 atom stereocenters. The quantitative estimate of drug-likeness (QED) is 0.506. The number of rotatable bonds is 11. The second kappa shape index (κ2) is 8.77. The molecule has 0 unspecified atom stereocenters. The van der Waals surface area contributed by atoms with Crippen molar-refractivity contribution in [2.24, 2.45) is 5.41 Å². The number of ether oxygens (including phenoxy) is 3. The van der Waals surface area contributed by atoms with Crippen molar-refractivity contribution in [3.63, 3.8) is 0 Å². The van der Waals surface area contributed by atoms with Crippen LogP contribution in [0.25, 0.3) is 0 Å². The van der Waals surface area contributed by atoms with Crippen LogP contribution in [0.2, 0.25) is 0 Å². The zero-order chi connectivity index (χ0) is 19.2. The lowest BCUT2D eigenvalue weighted by atomic mass is 9.83. The van der Waals surface area contributed by atoms with Gasteiger partial charge in [0.2, 0.25) is 0 Å². The van der Waals surface area contributed by atoms with E-state index in [4.69, 9.17) is 14.2 Å². The van der Waals surface area contributed by atoms with Crippen LogP contribution in [0.15, 0.2) is 0 Å². The molecule has 144 valence electrons. The van der Waals surface area contributed by atoms with Crippen LogP contribution in [0, 0.1) is 5.41 Å². The van der Waals surface area contributed by atoms with Crippen LogP contribution < -0.4 is 0 Å². The first-order valence-electron chi connectivity index (χ1n) is 8.99. The van der Waals surface area contributed by atoms with Crippen LogP contribution in [-0.4, -0.2) is 42.4 Å². The molecule has 0 bridgehead atoms. The van der Waals surface area contributed by atoms with Gasteiger partial charge in [-0.3, -0.25) is 4.79 Å². The molecule has 0 aromatic rings. The fraction of sp³-hybridized carbons (Fsp3) is 0.950. The predicted molar refractivity (Wildman–Crippen MR) is 99.5 cm³/mol. The Hall–Kier alpha value is -0.450. The van der Waals surface area contributed by atoms with Gasteiger partial charge >= 0.3 is 0 Å². The van der Waals surface area contributed by atoms with Gasteiger partial charge in [0.1, 0.15) is 5.60 Å². The summed E-state index contributed by atoms with van der Waals surface area (Å²) >= 11 is 0. The van der Waals surface area contributed by atoms with E-state index in [1.807, 2.05) is 0 Å². The Bertz CT molecular complexity index is 389. The first-order chi connectivity index (χ1) is 10.6. The highest BCUT2D eigenvalue weighted by atomic mass is 16.5. The monoisotopic (exact) mass is 344 g/mol. The Balaban J connectivity index is 4.12. The molecular formula is C20H40O4. The zero-order valence-corrected chi connectivity index (χ0v) is 17.7. The molecular weight excluding hydrogens is 304 g/mol. The van der Waals surface area contributed by atoms with Crippen LogP contribution in [-0.2, 0) is 19.0 Å². The van der Waals surface area contributed by atoms with E-state index >= 15 is 0 Å². The maximum absolute atomic E-state index is 11.4. The lowest BCUT2D eigenvalue weighted by molar-refractivity contribution is -0.143. The number of ketones is 1. The average molecular weight is 345 g/mol. The van der Waals surface area contributed by atoms with E-state index in [1.54, 1.807) is 20.8 Å². The molecule has 0 aromatic heterocycles. The van der Waals surface area contributed by atoms with Crippen molar-refractivity contribution in [1.29, 1.82) is 0 Å². The minimum Gasteiger partial charge on any atom is -0.375 e. The molecule has 0 radical (unpaired) electrons. The van der Waals surface area contributed by atoms with Crippen LogP contribution in [0.1, 0.15) is 82.1 Å². The van der Waals surface area contributed by atoms with Gasteiger partial charge in [-0.05, 0) is 66.7 Å². The topological polar surface area (TPSA) is 44.8 Å². The molecule has 0 aliphatic carbocycles. The van der Waals surface area contributed by atoms with E-state index < -0.39 is 5.60 Å². The Labute approximate surface area is 149 Å². The molecule has 24 heavy (non-hydrogen) atoms. The van der Waals surface area contributed by atoms with Gasteiger partial charge in [-0.15, -0.1) is 0 Å². The highest BCUT2D eigenvalue weighted by Gasteiger charge is 2.28. The van der Waals surface area contributed by atoms with Crippen molar-refractivity contribution < 1.29 is 19.0 Å². The third-order valence-corrected chi connectivity index (χ3v) is 4.04. The number of hydrogen-bond acceptors (Lipinski definition) is 4. The van der Waals surface area contributed by atoms with Crippen LogP contribution in [0.5, 0.6) is 0 Å². The number of hydrogen-bond donors (Lipinski definition) is 0. The third kappa shape index (κ3) is 11.2. The van der Waals surface area contributed by atoms with E-state index in [2.05, 4.69) is 48.5 Å². The third-order valence-electron chi connectivity index (χ3n) is 4.04. The van der Waals surface area contributed by atoms with Gasteiger partial charge in [0.05, 0.1) is 31.0 Å². The highest BCUT2D eigenvalue weighted by Crippen LogP contribution is 2.30. The number of carbonyl (C=O) groups excluding carboxylic acids is 1. The summed E-state index contributed by atoms with van der Waals surface area (Å²) in [5.74, 6) is 0.0243. The lowest BCUT2D eigenvalue weighted by Crippen LogP contribution is -2.36. The molecule has 0 rings (SSSR count). The minimum absolute atomic E-state index is 0.0243. The summed E-state index contributed by atoms with van der Waals surface area (Å²) in [6, 6.07) is 0. The zero-order valence-electron chi connectivity index (χ0n) is 17.7. The smallest absolute Gasteiger partial charge is 0.160 e. The van der Waals surface area contributed by atoms with Crippen molar-refractivity contribution >= 4 is 5.78 Å². The highest BCUT2D eigenvalue weighted by molar-refractivity contribution is 5.83. The SMILES string of the molecule is CC(=O)C(C)(C)OCCOC(C)(C)CCOC(C)(C)CC(C)(C)C. The normalized spacial score (nSPS) is 14.1. The fourth-order valence-electron chi connectivity index (χ4n) is 2.69. The molecule has 0 fully saturated rings. The van der Waals surface area contributed by atoms with Gasteiger partial charge in [0.25, 0.3) is 0 Å². The summed E-state index contributed by atoms with van der Waals surface area (Å²) in [5.41, 5.74) is -0.908. The molecule has 0 amide bonds. The van der Waals surface area contributed by atoms with Gasteiger partial charge in [-0.1, -0.05) is 20.8 Å². The van der Waals surface area contributed by atoms with Crippen LogP contribution in [0.3, 0.4) is 0 Å². The molecule has 0 saturated carbocycles. The second-order valence-corrected chi connectivity index (χ2v) is 9.62. The van der Waals surface area contributed by atoms with Crippen molar-refractivity contribution in [2.75, 3.05) is 19.8 Å². The first kappa shape index (κ1) is 23.5. The molecule has 0 aromatic carbocycles. The Morgan fingerprint density at radius 1 is 0.708 bits per heavy atom. The van der Waals surface area contributed by atoms with Gasteiger partial charge < -0.3 is 14.2 Å². The van der Waals surface area contributed by atoms with Crippen molar-refractivity contribution in [1.82, 2.24) is 0 Å². The van der Waals surface area contributed by atoms with E-state index in [0.717, 1.165) is 12.8 Å². The van der Waals surface area contributed by atoms with Crippen molar-refractivity contribution in [3.8, 4) is 0 Å². The summed E-state index contributed by atoms with van der Waals surface area (Å²) in [7, 11) is 0. The minimum atomic E-state index is -0.742. The largest absolute Gasteiger partial charge is 0.375 e. The summed E-state index contributed by atoms with van der Waals surface area (Å²) < 4.78 is 17.6. The average Bonchev–Trinajstić information content (AvgIpc) is 2.30. The molecule has 0 aliphatic heterocycles. The summed E-state index contributed by atoms with van der Waals surface area (Å²) in [6.45, 7) is 21.7. The van der Waals surface area contributed by atoms with Gasteiger partial charge in [0, 0.05) is 0 Å². The molecule has 0 saturated heterocycles. The summed E-state index contributed by atoms with van der Waals surface area (Å²) in [5, 5.41) is 0. The molecule has 0 heterocycles. The molecule has 0 aliphatic rings. The Morgan fingerprint density at radius 3 is 1.62 bits per heavy atom. The van der Waals surface area contributed by atoms with E-state index in [-0.39, 0.29) is 22.4 Å². The van der Waals surface area contributed by atoms with Crippen molar-refractivity contribution in [2.45, 2.75) is 98.9 Å². The number of Topliss-reactive ketones (excluding diaryl/α,β-unsaturated/α-hetero) is 1. The maximum Gasteiger partial charge on any atom is 0.160 e. The van der Waals surface area contributed by atoms with E-state index in [9.17, 15) is 4.79 Å². The fourth-order valence-corrected chi connectivity index (χ4v) is 2.69. The summed E-state index contributed by atoms with van der Waals surface area (Å²) in [6.07, 6.45) is 1.83. The van der Waals surface area contributed by atoms with Gasteiger partial charge in [0.15, 0.2) is 5.78 Å². The van der Waals surface area contributed by atoms with E-state index in [0.29, 0.717) is 19.8 Å². The molecule has 4 nitrogen and oxygen atoms in total. The van der Waals surface area contributed by atoms with Crippen molar-refractivity contribution in [3.05, 3.63) is 0 Å². The molecule has 0 spiro atoms. The first-order valence-corrected chi connectivity index (χ1v) is 8.99. The Kier molecular flexibility index (Phi) is 8.61. The summed E-state index contributed by atoms with van der Waals surface area (Å²) in [4.78, 5) is 11.4.